The van der Waals surface area contributed by atoms with Gasteiger partial charge in [-0.05, 0) is 13.8 Å². The quantitative estimate of drug-likeness (QED) is 0.839. The van der Waals surface area contributed by atoms with Crippen LogP contribution in [0.15, 0.2) is 6.20 Å². The molecule has 1 aromatic rings. The maximum Gasteiger partial charge on any atom is 0.180 e. The monoisotopic (exact) mass is 270 g/mol. The van der Waals surface area contributed by atoms with Gasteiger partial charge in [0.05, 0.1) is 5.60 Å². The molecule has 0 amide bonds. The maximum absolute atomic E-state index is 9.80. The van der Waals surface area contributed by atoms with Crippen LogP contribution < -0.4 is 5.73 Å². The second-order valence-electron chi connectivity index (χ2n) is 5.53. The third kappa shape index (κ3) is 4.20. The lowest BCUT2D eigenvalue weighted by Crippen LogP contribution is -2.50. The zero-order valence-corrected chi connectivity index (χ0v) is 11.9. The molecule has 102 valence electrons. The number of anilines is 1. The lowest BCUT2D eigenvalue weighted by molar-refractivity contribution is 0.0168. The Labute approximate surface area is 112 Å². The molecule has 6 heteroatoms. The van der Waals surface area contributed by atoms with Gasteiger partial charge < -0.3 is 10.8 Å². The Bertz CT molecular complexity index is 380. The Hall–Kier alpha value is -0.690. The summed E-state index contributed by atoms with van der Waals surface area (Å²) in [6, 6.07) is 0. The smallest absolute Gasteiger partial charge is 0.180 e. The molecule has 0 aliphatic carbocycles. The standard InChI is InChI=1S/C12H22N4OS/c1-12(2,17)9-16-5-3-15(4-6-16)8-10-7-14-11(13)18-10/h7,17H,3-6,8-9H2,1-2H3,(H2,13,14). The molecule has 1 aromatic heterocycles. The first kappa shape index (κ1) is 13.7. The van der Waals surface area contributed by atoms with Crippen molar-refractivity contribution in [2.45, 2.75) is 26.0 Å². The number of aliphatic hydroxyl groups is 1. The van der Waals surface area contributed by atoms with E-state index in [1.54, 1.807) is 11.3 Å². The van der Waals surface area contributed by atoms with Gasteiger partial charge in [0.15, 0.2) is 5.13 Å². The summed E-state index contributed by atoms with van der Waals surface area (Å²) in [6.07, 6.45) is 1.86. The first-order chi connectivity index (χ1) is 8.42. The Balaban J connectivity index is 1.77. The Kier molecular flexibility index (Phi) is 4.21. The first-order valence-corrected chi connectivity index (χ1v) is 7.11. The van der Waals surface area contributed by atoms with Crippen LogP contribution in [0.2, 0.25) is 0 Å². The third-order valence-electron chi connectivity index (χ3n) is 3.03. The van der Waals surface area contributed by atoms with Crippen molar-refractivity contribution in [3.05, 3.63) is 11.1 Å². The summed E-state index contributed by atoms with van der Waals surface area (Å²) in [5, 5.41) is 10.4. The van der Waals surface area contributed by atoms with Crippen LogP contribution in [0.1, 0.15) is 18.7 Å². The van der Waals surface area contributed by atoms with E-state index in [0.717, 1.165) is 39.3 Å². The average molecular weight is 270 g/mol. The Morgan fingerprint density at radius 1 is 1.33 bits per heavy atom. The number of hydrogen-bond acceptors (Lipinski definition) is 6. The zero-order chi connectivity index (χ0) is 13.2. The molecule has 0 aromatic carbocycles. The van der Waals surface area contributed by atoms with Crippen molar-refractivity contribution in [3.63, 3.8) is 0 Å². The summed E-state index contributed by atoms with van der Waals surface area (Å²) in [6.45, 7) is 9.50. The van der Waals surface area contributed by atoms with Crippen molar-refractivity contribution in [1.29, 1.82) is 0 Å². The third-order valence-corrected chi connectivity index (χ3v) is 3.84. The molecule has 1 aliphatic rings. The SMILES string of the molecule is CC(C)(O)CN1CCN(Cc2cnc(N)s2)CC1. The Morgan fingerprint density at radius 3 is 2.44 bits per heavy atom. The minimum atomic E-state index is -0.603. The van der Waals surface area contributed by atoms with Gasteiger partial charge >= 0.3 is 0 Å². The Morgan fingerprint density at radius 2 is 1.94 bits per heavy atom. The number of nitrogens with zero attached hydrogens (tertiary/aromatic N) is 3. The van der Waals surface area contributed by atoms with E-state index in [4.69, 9.17) is 5.73 Å². The van der Waals surface area contributed by atoms with Crippen molar-refractivity contribution in [1.82, 2.24) is 14.8 Å². The molecule has 2 rings (SSSR count). The summed E-state index contributed by atoms with van der Waals surface area (Å²) >= 11 is 1.56. The lowest BCUT2D eigenvalue weighted by atomic mass is 10.1. The highest BCUT2D eigenvalue weighted by molar-refractivity contribution is 7.15. The number of nitrogen functional groups attached to an aromatic ring is 1. The predicted molar refractivity (Wildman–Crippen MR) is 74.5 cm³/mol. The van der Waals surface area contributed by atoms with E-state index in [0.29, 0.717) is 5.13 Å². The van der Waals surface area contributed by atoms with E-state index in [1.165, 1.54) is 4.88 Å². The van der Waals surface area contributed by atoms with E-state index in [2.05, 4.69) is 14.8 Å². The normalized spacial score (nSPS) is 19.3. The summed E-state index contributed by atoms with van der Waals surface area (Å²) < 4.78 is 0. The summed E-state index contributed by atoms with van der Waals surface area (Å²) in [5.74, 6) is 0. The number of hydrogen-bond donors (Lipinski definition) is 2. The highest BCUT2D eigenvalue weighted by Crippen LogP contribution is 2.17. The zero-order valence-electron chi connectivity index (χ0n) is 11.1. The van der Waals surface area contributed by atoms with E-state index in [9.17, 15) is 5.11 Å². The fraction of sp³-hybridized carbons (Fsp3) is 0.750. The minimum Gasteiger partial charge on any atom is -0.389 e. The number of rotatable bonds is 4. The molecule has 0 atom stereocenters. The molecular weight excluding hydrogens is 248 g/mol. The van der Waals surface area contributed by atoms with Gasteiger partial charge in [-0.15, -0.1) is 11.3 Å². The molecule has 1 fully saturated rings. The second kappa shape index (κ2) is 5.52. The van der Waals surface area contributed by atoms with E-state index >= 15 is 0 Å². The average Bonchev–Trinajstić information content (AvgIpc) is 2.65. The van der Waals surface area contributed by atoms with Crippen LogP contribution >= 0.6 is 11.3 Å². The summed E-state index contributed by atoms with van der Waals surface area (Å²) in [7, 11) is 0. The van der Waals surface area contributed by atoms with Gasteiger partial charge in [-0.2, -0.15) is 0 Å². The first-order valence-electron chi connectivity index (χ1n) is 6.30. The molecule has 1 saturated heterocycles. The molecule has 3 N–H and O–H groups in total. The summed E-state index contributed by atoms with van der Waals surface area (Å²) in [4.78, 5) is 10.0. The topological polar surface area (TPSA) is 65.6 Å². The number of β-amino-alcohol motifs (C(OH)–C–C–N with tert-alkyl or cyclic N) is 1. The molecular formula is C12H22N4OS. The van der Waals surface area contributed by atoms with Crippen molar-refractivity contribution in [2.24, 2.45) is 0 Å². The van der Waals surface area contributed by atoms with Gasteiger partial charge in [0.2, 0.25) is 0 Å². The van der Waals surface area contributed by atoms with E-state index in [1.807, 2.05) is 20.0 Å². The van der Waals surface area contributed by atoms with Crippen molar-refractivity contribution in [3.8, 4) is 0 Å². The number of nitrogens with two attached hydrogens (primary N) is 1. The van der Waals surface area contributed by atoms with Crippen molar-refractivity contribution < 1.29 is 5.11 Å². The largest absolute Gasteiger partial charge is 0.389 e. The van der Waals surface area contributed by atoms with Crippen LogP contribution in [0.3, 0.4) is 0 Å². The number of aromatic nitrogens is 1. The molecule has 18 heavy (non-hydrogen) atoms. The van der Waals surface area contributed by atoms with Crippen LogP contribution in [-0.4, -0.2) is 58.2 Å². The highest BCUT2D eigenvalue weighted by atomic mass is 32.1. The molecule has 0 unspecified atom stereocenters. The highest BCUT2D eigenvalue weighted by Gasteiger charge is 2.22. The van der Waals surface area contributed by atoms with Gasteiger partial charge in [-0.1, -0.05) is 0 Å². The van der Waals surface area contributed by atoms with Gasteiger partial charge in [-0.3, -0.25) is 9.80 Å². The van der Waals surface area contributed by atoms with Crippen LogP contribution in [-0.2, 0) is 6.54 Å². The molecule has 0 spiro atoms. The molecule has 0 saturated carbocycles. The molecule has 1 aliphatic heterocycles. The fourth-order valence-electron chi connectivity index (χ4n) is 2.27. The molecule has 5 nitrogen and oxygen atoms in total. The van der Waals surface area contributed by atoms with Crippen molar-refractivity contribution >= 4 is 16.5 Å². The minimum absolute atomic E-state index is 0.603. The number of thiazole rings is 1. The van der Waals surface area contributed by atoms with Gasteiger partial charge in [0, 0.05) is 50.3 Å². The number of piperazine rings is 1. The summed E-state index contributed by atoms with van der Waals surface area (Å²) in [5.41, 5.74) is 5.03. The predicted octanol–water partition coefficient (Wildman–Crippen LogP) is 0.614. The van der Waals surface area contributed by atoms with Crippen molar-refractivity contribution in [2.75, 3.05) is 38.5 Å². The molecule has 0 radical (unpaired) electrons. The van der Waals surface area contributed by atoms with E-state index < -0.39 is 5.60 Å². The van der Waals surface area contributed by atoms with Crippen LogP contribution in [0.4, 0.5) is 5.13 Å². The lowest BCUT2D eigenvalue weighted by Gasteiger charge is -2.37. The van der Waals surface area contributed by atoms with Crippen LogP contribution in [0, 0.1) is 0 Å². The van der Waals surface area contributed by atoms with Gasteiger partial charge in [0.1, 0.15) is 0 Å². The van der Waals surface area contributed by atoms with Gasteiger partial charge in [-0.25, -0.2) is 4.98 Å². The molecule has 2 heterocycles. The fourth-order valence-corrected chi connectivity index (χ4v) is 3.00. The maximum atomic E-state index is 9.80. The van der Waals surface area contributed by atoms with Gasteiger partial charge in [0.25, 0.3) is 0 Å². The van der Waals surface area contributed by atoms with E-state index in [-0.39, 0.29) is 0 Å². The van der Waals surface area contributed by atoms with Crippen LogP contribution in [0.5, 0.6) is 0 Å². The second-order valence-corrected chi connectivity index (χ2v) is 6.68. The van der Waals surface area contributed by atoms with Crippen LogP contribution in [0.25, 0.3) is 0 Å². The molecule has 0 bridgehead atoms.